The summed E-state index contributed by atoms with van der Waals surface area (Å²) >= 11 is 3.58. The standard InChI is InChI=1S/C29H21BrN.HI/c30-26-16-18-27(19-17-26)31-28(23-12-6-2-7-13-23)20-25(22-10-4-1-5-11-22)21-29(31)24-14-8-3-9-15-24;/h1-21H;1H/q+1;/p-1. The highest BCUT2D eigenvalue weighted by Crippen LogP contribution is 2.30. The minimum Gasteiger partial charge on any atom is -1.00 e. The van der Waals surface area contributed by atoms with Crippen molar-refractivity contribution < 1.29 is 28.5 Å². The second-order valence-corrected chi connectivity index (χ2v) is 8.34. The molecule has 4 aromatic carbocycles. The predicted octanol–water partition coefficient (Wildman–Crippen LogP) is 4.73. The molecule has 0 unspecified atom stereocenters. The van der Waals surface area contributed by atoms with Crippen LogP contribution in [0.2, 0.25) is 0 Å². The van der Waals surface area contributed by atoms with E-state index in [-0.39, 0.29) is 24.0 Å². The van der Waals surface area contributed by atoms with E-state index in [1.807, 2.05) is 0 Å². The summed E-state index contributed by atoms with van der Waals surface area (Å²) in [6.07, 6.45) is 0. The van der Waals surface area contributed by atoms with Crippen LogP contribution in [0.15, 0.2) is 132 Å². The molecule has 5 rings (SSSR count). The Kier molecular flexibility index (Phi) is 7.18. The van der Waals surface area contributed by atoms with Gasteiger partial charge in [0.2, 0.25) is 17.1 Å². The molecule has 0 aliphatic rings. The van der Waals surface area contributed by atoms with Crippen molar-refractivity contribution in [2.45, 2.75) is 0 Å². The smallest absolute Gasteiger partial charge is 0.219 e. The van der Waals surface area contributed by atoms with Crippen LogP contribution >= 0.6 is 15.9 Å². The first-order valence-electron chi connectivity index (χ1n) is 10.3. The predicted molar refractivity (Wildman–Crippen MR) is 132 cm³/mol. The normalized spacial score (nSPS) is 10.4. The fourth-order valence-corrected chi connectivity index (χ4v) is 4.17. The van der Waals surface area contributed by atoms with Crippen LogP contribution in [0.4, 0.5) is 0 Å². The summed E-state index contributed by atoms with van der Waals surface area (Å²) in [6, 6.07) is 44.9. The van der Waals surface area contributed by atoms with Crippen LogP contribution in [0.25, 0.3) is 39.3 Å². The van der Waals surface area contributed by atoms with Gasteiger partial charge in [-0.05, 0) is 47.5 Å². The number of benzene rings is 4. The zero-order chi connectivity index (χ0) is 21.0. The maximum absolute atomic E-state index is 3.58. The molecule has 156 valence electrons. The van der Waals surface area contributed by atoms with Crippen molar-refractivity contribution >= 4 is 15.9 Å². The van der Waals surface area contributed by atoms with E-state index in [1.165, 1.54) is 22.3 Å². The molecule has 3 heteroatoms. The summed E-state index contributed by atoms with van der Waals surface area (Å²) < 4.78 is 3.42. The van der Waals surface area contributed by atoms with Crippen molar-refractivity contribution in [3.05, 3.63) is 132 Å². The van der Waals surface area contributed by atoms with E-state index >= 15 is 0 Å². The molecule has 0 radical (unpaired) electrons. The summed E-state index contributed by atoms with van der Waals surface area (Å²) in [5.74, 6) is 0. The number of aromatic nitrogens is 1. The van der Waals surface area contributed by atoms with Gasteiger partial charge in [-0.2, -0.15) is 4.57 Å². The third-order valence-electron chi connectivity index (χ3n) is 5.40. The fraction of sp³-hybridized carbons (Fsp3) is 0. The van der Waals surface area contributed by atoms with E-state index in [4.69, 9.17) is 0 Å². The van der Waals surface area contributed by atoms with Gasteiger partial charge in [0.1, 0.15) is 0 Å². The Labute approximate surface area is 214 Å². The lowest BCUT2D eigenvalue weighted by Gasteiger charge is -2.12. The number of hydrogen-bond donors (Lipinski definition) is 0. The van der Waals surface area contributed by atoms with Crippen LogP contribution in [0.3, 0.4) is 0 Å². The van der Waals surface area contributed by atoms with Crippen LogP contribution in [0.5, 0.6) is 0 Å². The van der Waals surface area contributed by atoms with Crippen LogP contribution in [0.1, 0.15) is 0 Å². The van der Waals surface area contributed by atoms with Gasteiger partial charge in [-0.3, -0.25) is 0 Å². The summed E-state index contributed by atoms with van der Waals surface area (Å²) in [7, 11) is 0. The number of rotatable bonds is 4. The Balaban J connectivity index is 0.00000245. The van der Waals surface area contributed by atoms with Gasteiger partial charge in [-0.25, -0.2) is 0 Å². The third kappa shape index (κ3) is 4.69. The maximum Gasteiger partial charge on any atom is 0.219 e. The van der Waals surface area contributed by atoms with Crippen LogP contribution in [-0.4, -0.2) is 0 Å². The summed E-state index contributed by atoms with van der Waals surface area (Å²) in [5.41, 5.74) is 8.21. The number of nitrogens with zero attached hydrogens (tertiary/aromatic N) is 1. The molecular formula is C29H21BrIN. The molecule has 0 amide bonds. The lowest BCUT2D eigenvalue weighted by atomic mass is 9.98. The highest BCUT2D eigenvalue weighted by molar-refractivity contribution is 9.10. The molecule has 1 aromatic heterocycles. The number of halogens is 2. The largest absolute Gasteiger partial charge is 1.00 e. The Bertz CT molecular complexity index is 1240. The zero-order valence-corrected chi connectivity index (χ0v) is 21.1. The molecule has 0 aliphatic heterocycles. The first-order valence-corrected chi connectivity index (χ1v) is 11.1. The zero-order valence-electron chi connectivity index (χ0n) is 17.3. The molecule has 0 bridgehead atoms. The molecule has 0 saturated carbocycles. The highest BCUT2D eigenvalue weighted by atomic mass is 127. The second-order valence-electron chi connectivity index (χ2n) is 7.42. The van der Waals surface area contributed by atoms with Gasteiger partial charge >= 0.3 is 0 Å². The van der Waals surface area contributed by atoms with Gasteiger partial charge in [0.15, 0.2) is 0 Å². The van der Waals surface area contributed by atoms with Gasteiger partial charge in [0.05, 0.1) is 0 Å². The first-order chi connectivity index (χ1) is 15.3. The van der Waals surface area contributed by atoms with E-state index in [0.29, 0.717) is 0 Å². The van der Waals surface area contributed by atoms with Crippen molar-refractivity contribution in [3.63, 3.8) is 0 Å². The van der Waals surface area contributed by atoms with Crippen molar-refractivity contribution in [2.75, 3.05) is 0 Å². The Morgan fingerprint density at radius 3 is 1.28 bits per heavy atom. The first kappa shape index (κ1) is 22.4. The molecule has 0 N–H and O–H groups in total. The fourth-order valence-electron chi connectivity index (χ4n) is 3.90. The van der Waals surface area contributed by atoms with Crippen LogP contribution in [0, 0.1) is 0 Å². The van der Waals surface area contributed by atoms with Gasteiger partial charge in [0.25, 0.3) is 0 Å². The number of hydrogen-bond acceptors (Lipinski definition) is 0. The van der Waals surface area contributed by atoms with Gasteiger partial charge < -0.3 is 24.0 Å². The maximum atomic E-state index is 3.58. The minimum absolute atomic E-state index is 0. The minimum atomic E-state index is 0. The van der Waals surface area contributed by atoms with E-state index in [0.717, 1.165) is 21.5 Å². The molecule has 0 saturated heterocycles. The number of pyridine rings is 1. The summed E-state index contributed by atoms with van der Waals surface area (Å²) in [4.78, 5) is 0. The van der Waals surface area contributed by atoms with Crippen molar-refractivity contribution in [1.82, 2.24) is 0 Å². The SMILES string of the molecule is Brc1ccc(-[n+]2c(-c3ccccc3)cc(-c3ccccc3)cc2-c2ccccc2)cc1.[I-]. The van der Waals surface area contributed by atoms with E-state index in [2.05, 4.69) is 148 Å². The molecule has 32 heavy (non-hydrogen) atoms. The van der Waals surface area contributed by atoms with E-state index in [9.17, 15) is 0 Å². The Morgan fingerprint density at radius 1 is 0.438 bits per heavy atom. The highest BCUT2D eigenvalue weighted by Gasteiger charge is 2.24. The lowest BCUT2D eigenvalue weighted by Crippen LogP contribution is -3.00. The summed E-state index contributed by atoms with van der Waals surface area (Å²) in [5, 5.41) is 0. The van der Waals surface area contributed by atoms with Crippen LogP contribution in [-0.2, 0) is 0 Å². The molecule has 0 fully saturated rings. The Morgan fingerprint density at radius 2 is 0.844 bits per heavy atom. The van der Waals surface area contributed by atoms with Gasteiger partial charge in [-0.15, -0.1) is 0 Å². The molecule has 0 atom stereocenters. The second kappa shape index (κ2) is 10.2. The molecule has 0 spiro atoms. The monoisotopic (exact) mass is 589 g/mol. The Hall–Kier alpha value is -2.76. The topological polar surface area (TPSA) is 3.88 Å². The van der Waals surface area contributed by atoms with Gasteiger partial charge in [-0.1, -0.05) is 82.7 Å². The lowest BCUT2D eigenvalue weighted by molar-refractivity contribution is -0.572. The van der Waals surface area contributed by atoms with Crippen molar-refractivity contribution in [2.24, 2.45) is 0 Å². The molecular weight excluding hydrogens is 569 g/mol. The van der Waals surface area contributed by atoms with Gasteiger partial charge in [0, 0.05) is 39.9 Å². The molecule has 5 aromatic rings. The quantitative estimate of drug-likeness (QED) is 0.211. The van der Waals surface area contributed by atoms with E-state index < -0.39 is 0 Å². The van der Waals surface area contributed by atoms with Crippen molar-refractivity contribution in [1.29, 1.82) is 0 Å². The van der Waals surface area contributed by atoms with Crippen LogP contribution < -0.4 is 28.5 Å². The third-order valence-corrected chi connectivity index (χ3v) is 5.93. The van der Waals surface area contributed by atoms with E-state index in [1.54, 1.807) is 0 Å². The molecule has 1 heterocycles. The molecule has 1 nitrogen and oxygen atoms in total. The van der Waals surface area contributed by atoms with Crippen molar-refractivity contribution in [3.8, 4) is 39.3 Å². The average molecular weight is 590 g/mol. The average Bonchev–Trinajstić information content (AvgIpc) is 2.85. The molecule has 0 aliphatic carbocycles. The summed E-state index contributed by atoms with van der Waals surface area (Å²) in [6.45, 7) is 0.